The second kappa shape index (κ2) is 6.65. The van der Waals surface area contributed by atoms with Gasteiger partial charge in [-0.05, 0) is 0 Å². The number of nitrogens with two attached hydrogens (primary N) is 1. The fourth-order valence-electron chi connectivity index (χ4n) is 0.578. The lowest BCUT2D eigenvalue weighted by Gasteiger charge is -2.13. The highest BCUT2D eigenvalue weighted by Crippen LogP contribution is 1.84. The third-order valence-corrected chi connectivity index (χ3v) is 1.24. The summed E-state index contributed by atoms with van der Waals surface area (Å²) in [6.07, 6.45) is 5.02. The maximum atomic E-state index is 11.1. The summed E-state index contributed by atoms with van der Waals surface area (Å²) in [6, 6.07) is 0. The van der Waals surface area contributed by atoms with Crippen molar-refractivity contribution in [3.8, 4) is 12.3 Å². The summed E-state index contributed by atoms with van der Waals surface area (Å²) in [4.78, 5) is 12.5. The van der Waals surface area contributed by atoms with Crippen LogP contribution in [0.15, 0.2) is 0 Å². The summed E-state index contributed by atoms with van der Waals surface area (Å²) < 4.78 is 4.93. The van der Waals surface area contributed by atoms with E-state index in [0.717, 1.165) is 0 Å². The van der Waals surface area contributed by atoms with Gasteiger partial charge in [0.1, 0.15) is 6.61 Å². The fraction of sp³-hybridized carbons (Fsp3) is 0.625. The van der Waals surface area contributed by atoms with Crippen LogP contribution in [0, 0.1) is 12.3 Å². The van der Waals surface area contributed by atoms with Crippen molar-refractivity contribution in [1.29, 1.82) is 0 Å². The number of amides is 1. The lowest BCUT2D eigenvalue weighted by Crippen LogP contribution is -2.31. The van der Waals surface area contributed by atoms with E-state index in [2.05, 4.69) is 5.92 Å². The third-order valence-electron chi connectivity index (χ3n) is 1.24. The van der Waals surface area contributed by atoms with Crippen LogP contribution in [0.5, 0.6) is 0 Å². The quantitative estimate of drug-likeness (QED) is 0.427. The smallest absolute Gasteiger partial charge is 0.249 e. The van der Waals surface area contributed by atoms with Gasteiger partial charge >= 0.3 is 0 Å². The molecule has 0 aromatic carbocycles. The van der Waals surface area contributed by atoms with Crippen LogP contribution in [-0.4, -0.2) is 44.2 Å². The summed E-state index contributed by atoms with van der Waals surface area (Å²) in [6.45, 7) is 1.18. The Balaban J connectivity index is 3.51. The third kappa shape index (κ3) is 4.72. The number of likely N-dealkylation sites (N-methyl/N-ethyl adjacent to an activating group) is 1. The molecule has 0 radical (unpaired) electrons. The van der Waals surface area contributed by atoms with E-state index in [1.165, 1.54) is 4.90 Å². The minimum absolute atomic E-state index is 0.0510. The summed E-state index contributed by atoms with van der Waals surface area (Å²) in [5.74, 6) is 2.24. The van der Waals surface area contributed by atoms with Gasteiger partial charge in [0.2, 0.25) is 5.91 Å². The second-order valence-electron chi connectivity index (χ2n) is 2.30. The Kier molecular flexibility index (Phi) is 6.07. The summed E-state index contributed by atoms with van der Waals surface area (Å²) >= 11 is 0. The van der Waals surface area contributed by atoms with Crippen molar-refractivity contribution in [2.24, 2.45) is 5.73 Å². The van der Waals surface area contributed by atoms with E-state index in [9.17, 15) is 4.79 Å². The lowest BCUT2D eigenvalue weighted by atomic mass is 10.5. The van der Waals surface area contributed by atoms with Gasteiger partial charge in [0.25, 0.3) is 0 Å². The van der Waals surface area contributed by atoms with Crippen molar-refractivity contribution in [3.63, 3.8) is 0 Å². The molecule has 12 heavy (non-hydrogen) atoms. The number of ether oxygens (including phenoxy) is 1. The van der Waals surface area contributed by atoms with E-state index in [-0.39, 0.29) is 12.5 Å². The van der Waals surface area contributed by atoms with Crippen molar-refractivity contribution in [1.82, 2.24) is 4.90 Å². The molecular formula is C8H14N2O2. The van der Waals surface area contributed by atoms with Crippen molar-refractivity contribution in [3.05, 3.63) is 0 Å². The molecule has 1 amide bonds. The molecule has 2 N–H and O–H groups in total. The molecule has 4 heteroatoms. The van der Waals surface area contributed by atoms with E-state index in [4.69, 9.17) is 16.9 Å². The van der Waals surface area contributed by atoms with Crippen LogP contribution in [0.25, 0.3) is 0 Å². The maximum Gasteiger partial charge on any atom is 0.249 e. The number of hydrogen-bond donors (Lipinski definition) is 1. The molecule has 0 rings (SSSR count). The summed E-state index contributed by atoms with van der Waals surface area (Å²) in [5.41, 5.74) is 5.17. The lowest BCUT2D eigenvalue weighted by molar-refractivity contribution is -0.134. The zero-order valence-corrected chi connectivity index (χ0v) is 7.25. The largest absolute Gasteiger partial charge is 0.370 e. The number of carbonyl (C=O) groups is 1. The molecule has 0 aromatic heterocycles. The molecular weight excluding hydrogens is 156 g/mol. The van der Waals surface area contributed by atoms with Crippen molar-refractivity contribution in [2.75, 3.05) is 33.4 Å². The zero-order chi connectivity index (χ0) is 9.40. The van der Waals surface area contributed by atoms with Crippen LogP contribution in [0.3, 0.4) is 0 Å². The second-order valence-corrected chi connectivity index (χ2v) is 2.30. The monoisotopic (exact) mass is 170 g/mol. The molecule has 0 spiro atoms. The zero-order valence-electron chi connectivity index (χ0n) is 7.25. The maximum absolute atomic E-state index is 11.1. The molecule has 0 saturated heterocycles. The Hall–Kier alpha value is -1.05. The van der Waals surface area contributed by atoms with Gasteiger partial charge in [-0.15, -0.1) is 6.42 Å². The van der Waals surface area contributed by atoms with Crippen molar-refractivity contribution >= 4 is 5.91 Å². The van der Waals surface area contributed by atoms with Gasteiger partial charge in [0.15, 0.2) is 0 Å². The Morgan fingerprint density at radius 2 is 2.42 bits per heavy atom. The molecule has 0 heterocycles. The Morgan fingerprint density at radius 3 is 2.92 bits per heavy atom. The highest BCUT2D eigenvalue weighted by Gasteiger charge is 2.05. The first-order chi connectivity index (χ1) is 5.72. The Bertz CT molecular complexity index is 174. The van der Waals surface area contributed by atoms with E-state index < -0.39 is 0 Å². The first-order valence-corrected chi connectivity index (χ1v) is 3.67. The number of rotatable bonds is 5. The molecule has 68 valence electrons. The molecule has 0 fully saturated rings. The first-order valence-electron chi connectivity index (χ1n) is 3.67. The molecule has 0 unspecified atom stereocenters. The first kappa shape index (κ1) is 11.0. The highest BCUT2D eigenvalue weighted by molar-refractivity contribution is 5.77. The number of terminal acetylenes is 1. The minimum Gasteiger partial charge on any atom is -0.370 e. The standard InChI is InChI=1S/C8H14N2O2/c1-3-5-10(2)8(11)7-12-6-4-9/h1H,4-7,9H2,2H3. The van der Waals surface area contributed by atoms with E-state index in [1.54, 1.807) is 7.05 Å². The molecule has 0 bridgehead atoms. The summed E-state index contributed by atoms with van der Waals surface area (Å²) in [7, 11) is 1.63. The van der Waals surface area contributed by atoms with Gasteiger partial charge in [0, 0.05) is 13.6 Å². The molecule has 0 atom stereocenters. The molecule has 0 aromatic rings. The number of carbonyl (C=O) groups excluding carboxylic acids is 1. The Labute approximate surface area is 72.7 Å². The Morgan fingerprint density at radius 1 is 1.75 bits per heavy atom. The van der Waals surface area contributed by atoms with Crippen LogP contribution < -0.4 is 5.73 Å². The van der Waals surface area contributed by atoms with Crippen LogP contribution in [-0.2, 0) is 9.53 Å². The highest BCUT2D eigenvalue weighted by atomic mass is 16.5. The van der Waals surface area contributed by atoms with Gasteiger partial charge in [0.05, 0.1) is 13.2 Å². The van der Waals surface area contributed by atoms with Crippen LogP contribution >= 0.6 is 0 Å². The van der Waals surface area contributed by atoms with Gasteiger partial charge in [-0.3, -0.25) is 4.79 Å². The fourth-order valence-corrected chi connectivity index (χ4v) is 0.578. The number of nitrogens with zero attached hydrogens (tertiary/aromatic N) is 1. The van der Waals surface area contributed by atoms with Gasteiger partial charge < -0.3 is 15.4 Å². The molecule has 0 aliphatic heterocycles. The normalized spacial score (nSPS) is 9.08. The van der Waals surface area contributed by atoms with E-state index in [1.807, 2.05) is 0 Å². The minimum atomic E-state index is -0.124. The van der Waals surface area contributed by atoms with Gasteiger partial charge in [-0.25, -0.2) is 0 Å². The average molecular weight is 170 g/mol. The van der Waals surface area contributed by atoms with E-state index in [0.29, 0.717) is 19.7 Å². The topological polar surface area (TPSA) is 55.6 Å². The van der Waals surface area contributed by atoms with Crippen LogP contribution in [0.4, 0.5) is 0 Å². The van der Waals surface area contributed by atoms with Gasteiger partial charge in [-0.1, -0.05) is 5.92 Å². The SMILES string of the molecule is C#CCN(C)C(=O)COCCN. The molecule has 0 aliphatic carbocycles. The summed E-state index contributed by atoms with van der Waals surface area (Å²) in [5, 5.41) is 0. The predicted molar refractivity (Wildman–Crippen MR) is 46.3 cm³/mol. The number of hydrogen-bond acceptors (Lipinski definition) is 3. The molecule has 4 nitrogen and oxygen atoms in total. The van der Waals surface area contributed by atoms with Crippen LogP contribution in [0.2, 0.25) is 0 Å². The van der Waals surface area contributed by atoms with Crippen LogP contribution in [0.1, 0.15) is 0 Å². The molecule has 0 saturated carbocycles. The predicted octanol–water partition coefficient (Wildman–Crippen LogP) is -0.947. The average Bonchev–Trinajstić information content (AvgIpc) is 2.05. The molecule has 0 aliphatic rings. The van der Waals surface area contributed by atoms with Gasteiger partial charge in [-0.2, -0.15) is 0 Å². The van der Waals surface area contributed by atoms with Crippen molar-refractivity contribution in [2.45, 2.75) is 0 Å². The van der Waals surface area contributed by atoms with Crippen molar-refractivity contribution < 1.29 is 9.53 Å². The van der Waals surface area contributed by atoms with E-state index >= 15 is 0 Å².